The van der Waals surface area contributed by atoms with E-state index in [0.29, 0.717) is 12.8 Å². The molecule has 2 aliphatic heterocycles. The molecule has 0 aromatic carbocycles. The highest BCUT2D eigenvalue weighted by atomic mass is 16.7. The van der Waals surface area contributed by atoms with Gasteiger partial charge in [-0.2, -0.15) is 0 Å². The molecule has 1 aromatic rings. The number of allylic oxidation sites excluding steroid dienone is 1. The van der Waals surface area contributed by atoms with Crippen molar-refractivity contribution >= 4 is 0 Å². The van der Waals surface area contributed by atoms with Gasteiger partial charge in [-0.15, -0.1) is 0 Å². The van der Waals surface area contributed by atoms with Crippen LogP contribution < -0.4 is 5.63 Å². The number of aliphatic hydroxyl groups excluding tert-OH is 6. The predicted octanol–water partition coefficient (Wildman–Crippen LogP) is 0.838. The fourth-order valence-corrected chi connectivity index (χ4v) is 10.7. The summed E-state index contributed by atoms with van der Waals surface area (Å²) in [6, 6.07) is 3.31. The molecule has 4 aliphatic carbocycles. The van der Waals surface area contributed by atoms with Gasteiger partial charge in [-0.25, -0.2) is 4.79 Å². The highest BCUT2D eigenvalue weighted by Gasteiger charge is 2.67. The number of hydrogen-bond acceptors (Lipinski definition) is 13. The summed E-state index contributed by atoms with van der Waals surface area (Å²) >= 11 is 0. The summed E-state index contributed by atoms with van der Waals surface area (Å²) in [5.41, 5.74) is 0.574. The smallest absolute Gasteiger partial charge is 0.335 e. The van der Waals surface area contributed by atoms with Gasteiger partial charge in [-0.3, -0.25) is 0 Å². The van der Waals surface area contributed by atoms with Crippen LogP contribution in [0.25, 0.3) is 0 Å². The van der Waals surface area contributed by atoms with Crippen LogP contribution in [0.4, 0.5) is 0 Å². The number of fused-ring (bicyclic) bond motifs is 5. The molecule has 17 atom stereocenters. The Bertz CT molecular complexity index is 1430. The standard InChI is InChI=1S/C36H52O13/c1-17-26(39)27(40)29(42)32(46-17)49-31-24(15-37)48-33(30(43)28(31)41)47-20-8-11-34(2)19(14-20)5-6-23-22(34)9-12-35(3)21(10-13-36(23,35)44)18-4-7-25(38)45-16-18/h4,7,14,16-17,20-24,26-33,37,39-44H,5-6,8-13,15H2,1-3H3/t17-,20-,21+,22?,23+,24+,26-,27+,28+,29+,30+,31+,32-,33+,34-,35+,36-/m0/s1. The first-order valence-corrected chi connectivity index (χ1v) is 17.9. The van der Waals surface area contributed by atoms with Crippen molar-refractivity contribution < 1.29 is 59.1 Å². The SMILES string of the molecule is C[C@@H]1O[C@@H](O[C@H]2[C@H](O)[C@@H](O)[C@H](O[C@@H]3C=C4CC[C@@H]5C(CC[C@]6(C)[C@@H](c7ccc(=O)oc7)CC[C@]56O)[C@@]4(C)CC3)O[C@@H]2CO)[C@H](O)[C@H](O)[C@H]1O. The summed E-state index contributed by atoms with van der Waals surface area (Å²) in [4.78, 5) is 11.6. The van der Waals surface area contributed by atoms with E-state index in [1.165, 1.54) is 18.6 Å². The van der Waals surface area contributed by atoms with Gasteiger partial charge in [0, 0.05) is 11.5 Å². The van der Waals surface area contributed by atoms with E-state index in [1.807, 2.05) is 6.07 Å². The molecular weight excluding hydrogens is 640 g/mol. The lowest BCUT2D eigenvalue weighted by Crippen LogP contribution is -2.64. The van der Waals surface area contributed by atoms with Gasteiger partial charge in [0.05, 0.1) is 30.7 Å². The van der Waals surface area contributed by atoms with E-state index < -0.39 is 79.7 Å². The van der Waals surface area contributed by atoms with Crippen LogP contribution in [-0.4, -0.2) is 115 Å². The van der Waals surface area contributed by atoms with Gasteiger partial charge in [0.1, 0.15) is 42.7 Å². The van der Waals surface area contributed by atoms with Gasteiger partial charge in [-0.05, 0) is 93.1 Å². The molecule has 1 unspecified atom stereocenters. The molecule has 3 heterocycles. The van der Waals surface area contributed by atoms with E-state index in [1.54, 1.807) is 6.26 Å². The van der Waals surface area contributed by atoms with Crippen LogP contribution in [0.1, 0.15) is 83.6 Å². The maximum atomic E-state index is 12.5. The third kappa shape index (κ3) is 5.68. The van der Waals surface area contributed by atoms with E-state index in [0.717, 1.165) is 44.1 Å². The number of aliphatic hydroxyl groups is 7. The first kappa shape index (κ1) is 35.6. The van der Waals surface area contributed by atoms with Crippen LogP contribution in [0.15, 0.2) is 39.3 Å². The second kappa shape index (κ2) is 13.0. The Labute approximate surface area is 285 Å². The summed E-state index contributed by atoms with van der Waals surface area (Å²) in [5, 5.41) is 75.3. The molecule has 13 nitrogen and oxygen atoms in total. The van der Waals surface area contributed by atoms with Crippen molar-refractivity contribution in [1.82, 2.24) is 0 Å². The molecule has 7 rings (SSSR count). The average Bonchev–Trinajstić information content (AvgIpc) is 3.37. The lowest BCUT2D eigenvalue weighted by molar-refractivity contribution is -0.359. The van der Waals surface area contributed by atoms with Gasteiger partial charge >= 0.3 is 5.63 Å². The zero-order chi connectivity index (χ0) is 35.0. The largest absolute Gasteiger partial charge is 0.431 e. The minimum absolute atomic E-state index is 0.116. The lowest BCUT2D eigenvalue weighted by Gasteiger charge is -2.62. The van der Waals surface area contributed by atoms with Gasteiger partial charge in [0.15, 0.2) is 12.6 Å². The van der Waals surface area contributed by atoms with Crippen molar-refractivity contribution in [3.05, 3.63) is 46.0 Å². The van der Waals surface area contributed by atoms with Crippen molar-refractivity contribution in [3.8, 4) is 0 Å². The van der Waals surface area contributed by atoms with Crippen LogP contribution >= 0.6 is 0 Å². The molecule has 0 radical (unpaired) electrons. The Morgan fingerprint density at radius 3 is 2.29 bits per heavy atom. The molecule has 5 fully saturated rings. The van der Waals surface area contributed by atoms with Crippen molar-refractivity contribution in [1.29, 1.82) is 0 Å². The zero-order valence-corrected chi connectivity index (χ0v) is 28.3. The Balaban J connectivity index is 1.03. The maximum Gasteiger partial charge on any atom is 0.335 e. The molecule has 3 saturated carbocycles. The fraction of sp³-hybridized carbons (Fsp3) is 0.806. The van der Waals surface area contributed by atoms with Crippen LogP contribution in [0.5, 0.6) is 0 Å². The average molecular weight is 693 g/mol. The highest BCUT2D eigenvalue weighted by Crippen LogP contribution is 2.70. The van der Waals surface area contributed by atoms with Crippen molar-refractivity contribution in [2.75, 3.05) is 6.61 Å². The Hall–Kier alpha value is -1.75. The van der Waals surface area contributed by atoms with E-state index in [9.17, 15) is 40.5 Å². The minimum Gasteiger partial charge on any atom is -0.431 e. The Morgan fingerprint density at radius 2 is 1.57 bits per heavy atom. The monoisotopic (exact) mass is 692 g/mol. The minimum atomic E-state index is -1.64. The topological polar surface area (TPSA) is 209 Å². The molecule has 13 heteroatoms. The summed E-state index contributed by atoms with van der Waals surface area (Å²) in [6.45, 7) is 5.41. The Morgan fingerprint density at radius 1 is 0.837 bits per heavy atom. The summed E-state index contributed by atoms with van der Waals surface area (Å²) in [5.74, 6) is 0.533. The highest BCUT2D eigenvalue weighted by molar-refractivity contribution is 5.31. The molecule has 49 heavy (non-hydrogen) atoms. The summed E-state index contributed by atoms with van der Waals surface area (Å²) in [6.07, 6.45) is -3.99. The third-order valence-electron chi connectivity index (χ3n) is 13.6. The summed E-state index contributed by atoms with van der Waals surface area (Å²) < 4.78 is 28.6. The molecule has 2 saturated heterocycles. The van der Waals surface area contributed by atoms with Crippen LogP contribution in [-0.2, 0) is 18.9 Å². The molecule has 6 aliphatic rings. The van der Waals surface area contributed by atoms with Crippen molar-refractivity contribution in [2.24, 2.45) is 22.7 Å². The fourth-order valence-electron chi connectivity index (χ4n) is 10.7. The first-order chi connectivity index (χ1) is 23.2. The molecule has 0 spiro atoms. The van der Waals surface area contributed by atoms with Gasteiger partial charge in [0.2, 0.25) is 0 Å². The maximum absolute atomic E-state index is 12.5. The number of rotatable bonds is 6. The lowest BCUT2D eigenvalue weighted by atomic mass is 9.45. The number of ether oxygens (including phenoxy) is 4. The van der Waals surface area contributed by atoms with Crippen LogP contribution in [0.3, 0.4) is 0 Å². The number of hydrogen-bond donors (Lipinski definition) is 7. The molecule has 274 valence electrons. The van der Waals surface area contributed by atoms with Crippen LogP contribution in [0, 0.1) is 22.7 Å². The molecule has 0 amide bonds. The quantitative estimate of drug-likeness (QED) is 0.207. The van der Waals surface area contributed by atoms with Gasteiger partial charge in [0.25, 0.3) is 0 Å². The molecular formula is C36H52O13. The van der Waals surface area contributed by atoms with E-state index in [4.69, 9.17) is 23.4 Å². The predicted molar refractivity (Wildman–Crippen MR) is 171 cm³/mol. The first-order valence-electron chi connectivity index (χ1n) is 17.9. The second-order valence-electron chi connectivity index (χ2n) is 15.9. The zero-order valence-electron chi connectivity index (χ0n) is 28.3. The summed E-state index contributed by atoms with van der Waals surface area (Å²) in [7, 11) is 0. The van der Waals surface area contributed by atoms with E-state index in [-0.39, 0.29) is 34.2 Å². The molecule has 0 bridgehead atoms. The molecule has 7 N–H and O–H groups in total. The van der Waals surface area contributed by atoms with Gasteiger partial charge in [-0.1, -0.05) is 25.5 Å². The van der Waals surface area contributed by atoms with Crippen LogP contribution in [0.2, 0.25) is 0 Å². The van der Waals surface area contributed by atoms with E-state index in [2.05, 4.69) is 19.9 Å². The van der Waals surface area contributed by atoms with E-state index >= 15 is 0 Å². The van der Waals surface area contributed by atoms with Crippen molar-refractivity contribution in [3.63, 3.8) is 0 Å². The molecule has 1 aromatic heterocycles. The van der Waals surface area contributed by atoms with Gasteiger partial charge < -0.3 is 59.1 Å². The Kier molecular flexibility index (Phi) is 9.48. The third-order valence-corrected chi connectivity index (χ3v) is 13.6. The van der Waals surface area contributed by atoms with Crippen molar-refractivity contribution in [2.45, 2.75) is 151 Å². The normalized spacial score (nSPS) is 51.3. The second-order valence-corrected chi connectivity index (χ2v) is 15.9.